The van der Waals surface area contributed by atoms with Crippen molar-refractivity contribution in [2.45, 2.75) is 45.4 Å². The van der Waals surface area contributed by atoms with Gasteiger partial charge in [0.05, 0.1) is 27.5 Å². The summed E-state index contributed by atoms with van der Waals surface area (Å²) in [6.07, 6.45) is 7.21. The summed E-state index contributed by atoms with van der Waals surface area (Å²) >= 11 is 0. The van der Waals surface area contributed by atoms with E-state index in [1.165, 1.54) is 49.9 Å². The predicted octanol–water partition coefficient (Wildman–Crippen LogP) is 8.09. The fourth-order valence-electron chi connectivity index (χ4n) is 4.85. The normalized spacial score (nSPS) is 11.4. The van der Waals surface area contributed by atoms with Crippen molar-refractivity contribution in [3.8, 4) is 17.1 Å². The number of aromatic amines is 1. The molecule has 9 nitrogen and oxygen atoms in total. The summed E-state index contributed by atoms with van der Waals surface area (Å²) in [5, 5.41) is 25.7. The number of imidazole rings is 1. The van der Waals surface area contributed by atoms with Gasteiger partial charge in [0.2, 0.25) is 0 Å². The van der Waals surface area contributed by atoms with Gasteiger partial charge in [-0.25, -0.2) is 4.98 Å². The molecule has 4 aromatic carbocycles. The van der Waals surface area contributed by atoms with Gasteiger partial charge >= 0.3 is 0 Å². The van der Waals surface area contributed by atoms with Crippen LogP contribution in [-0.4, -0.2) is 26.4 Å². The second-order valence-corrected chi connectivity index (χ2v) is 9.42. The number of H-pyrrole nitrogens is 1. The quantitative estimate of drug-likeness (QED) is 0.0825. The monoisotopic (exact) mass is 512 g/mol. The molecule has 0 aliphatic heterocycles. The van der Waals surface area contributed by atoms with Crippen LogP contribution in [0.15, 0.2) is 60.7 Å². The molecule has 1 heterocycles. The number of rotatable bonds is 11. The smallest absolute Gasteiger partial charge is 0.270 e. The highest BCUT2D eigenvalue weighted by Crippen LogP contribution is 2.38. The first-order chi connectivity index (χ1) is 18.5. The Balaban J connectivity index is 1.49. The summed E-state index contributed by atoms with van der Waals surface area (Å²) in [6.45, 7) is 2.88. The van der Waals surface area contributed by atoms with Crippen molar-refractivity contribution in [1.29, 1.82) is 0 Å². The number of benzene rings is 4. The molecule has 0 fully saturated rings. The average molecular weight is 513 g/mol. The molecule has 0 saturated carbocycles. The van der Waals surface area contributed by atoms with Crippen molar-refractivity contribution in [2.75, 3.05) is 6.61 Å². The molecule has 38 heavy (non-hydrogen) atoms. The lowest BCUT2D eigenvalue weighted by Gasteiger charge is -2.06. The largest absolute Gasteiger partial charge is 0.494 e. The van der Waals surface area contributed by atoms with Crippen LogP contribution in [0, 0.1) is 20.2 Å². The van der Waals surface area contributed by atoms with E-state index >= 15 is 0 Å². The molecule has 0 radical (unpaired) electrons. The molecule has 5 rings (SSSR count). The van der Waals surface area contributed by atoms with Gasteiger partial charge in [0.15, 0.2) is 0 Å². The molecule has 0 saturated heterocycles. The van der Waals surface area contributed by atoms with Gasteiger partial charge in [0.25, 0.3) is 11.4 Å². The maximum Gasteiger partial charge on any atom is 0.270 e. The number of unbranched alkanes of at least 4 members (excludes halogenated alkanes) is 5. The third-order valence-electron chi connectivity index (χ3n) is 6.84. The maximum atomic E-state index is 11.5. The number of nitro groups is 2. The van der Waals surface area contributed by atoms with E-state index in [4.69, 9.17) is 9.72 Å². The van der Waals surface area contributed by atoms with Crippen LogP contribution in [0.2, 0.25) is 0 Å². The number of hydrogen-bond acceptors (Lipinski definition) is 6. The lowest BCUT2D eigenvalue weighted by atomic mass is 9.99. The van der Waals surface area contributed by atoms with Gasteiger partial charge in [0, 0.05) is 40.6 Å². The van der Waals surface area contributed by atoms with Gasteiger partial charge < -0.3 is 9.72 Å². The Bertz CT molecular complexity index is 1550. The van der Waals surface area contributed by atoms with E-state index in [9.17, 15) is 20.2 Å². The first-order valence-electron chi connectivity index (χ1n) is 12.9. The van der Waals surface area contributed by atoms with Crippen molar-refractivity contribution < 1.29 is 14.6 Å². The standard InChI is InChI=1S/C29H28N4O5/c1-2-3-4-5-6-7-16-38-22-12-8-19(9-13-22)29-30-27-25-17-20(32(34)35)10-14-23(25)24-15-11-21(33(36)37)18-26(24)28(27)31-29/h8-15,17-18H,2-7,16H2,1H3,(H,30,31). The minimum Gasteiger partial charge on any atom is -0.494 e. The molecule has 0 spiro atoms. The van der Waals surface area contributed by atoms with E-state index in [1.54, 1.807) is 12.1 Å². The van der Waals surface area contributed by atoms with Crippen molar-refractivity contribution in [3.63, 3.8) is 0 Å². The van der Waals surface area contributed by atoms with Crippen LogP contribution in [0.3, 0.4) is 0 Å². The molecule has 5 aromatic rings. The van der Waals surface area contributed by atoms with Gasteiger partial charge in [-0.15, -0.1) is 0 Å². The predicted molar refractivity (Wildman–Crippen MR) is 149 cm³/mol. The van der Waals surface area contributed by atoms with Crippen LogP contribution in [0.4, 0.5) is 11.4 Å². The Morgan fingerprint density at radius 3 is 2.03 bits per heavy atom. The zero-order chi connectivity index (χ0) is 26.6. The zero-order valence-corrected chi connectivity index (χ0v) is 21.1. The van der Waals surface area contributed by atoms with Crippen molar-refractivity contribution >= 4 is 44.0 Å². The topological polar surface area (TPSA) is 124 Å². The number of fused-ring (bicyclic) bond motifs is 6. The Labute approximate surface area is 218 Å². The second-order valence-electron chi connectivity index (χ2n) is 9.42. The Morgan fingerprint density at radius 2 is 1.37 bits per heavy atom. The number of non-ortho nitro benzene ring substituents is 2. The summed E-state index contributed by atoms with van der Waals surface area (Å²) < 4.78 is 5.89. The van der Waals surface area contributed by atoms with E-state index in [0.717, 1.165) is 34.9 Å². The van der Waals surface area contributed by atoms with Crippen molar-refractivity contribution in [1.82, 2.24) is 9.97 Å². The van der Waals surface area contributed by atoms with Crippen molar-refractivity contribution in [3.05, 3.63) is 80.9 Å². The second kappa shape index (κ2) is 10.8. The van der Waals surface area contributed by atoms with Crippen molar-refractivity contribution in [2.24, 2.45) is 0 Å². The number of nitro benzene ring substituents is 2. The van der Waals surface area contributed by atoms with E-state index in [0.29, 0.717) is 34.2 Å². The minimum absolute atomic E-state index is 0.0388. The van der Waals surface area contributed by atoms with E-state index in [2.05, 4.69) is 11.9 Å². The molecule has 1 aromatic heterocycles. The fourth-order valence-corrected chi connectivity index (χ4v) is 4.85. The molecular weight excluding hydrogens is 484 g/mol. The average Bonchev–Trinajstić information content (AvgIpc) is 3.38. The van der Waals surface area contributed by atoms with E-state index in [1.807, 2.05) is 24.3 Å². The highest BCUT2D eigenvalue weighted by atomic mass is 16.6. The summed E-state index contributed by atoms with van der Waals surface area (Å²) in [4.78, 5) is 30.2. The Hall–Kier alpha value is -4.53. The Morgan fingerprint density at radius 1 is 0.763 bits per heavy atom. The molecule has 0 bridgehead atoms. The summed E-state index contributed by atoms with van der Waals surface area (Å²) in [5.74, 6) is 1.34. The molecule has 1 N–H and O–H groups in total. The summed E-state index contributed by atoms with van der Waals surface area (Å²) in [5.41, 5.74) is 1.84. The van der Waals surface area contributed by atoms with Crippen LogP contribution < -0.4 is 4.74 Å². The van der Waals surface area contributed by atoms with Crippen LogP contribution in [-0.2, 0) is 0 Å². The molecule has 0 atom stereocenters. The van der Waals surface area contributed by atoms with Gasteiger partial charge in [-0.3, -0.25) is 20.2 Å². The number of aromatic nitrogens is 2. The van der Waals surface area contributed by atoms with E-state index < -0.39 is 9.85 Å². The first-order valence-corrected chi connectivity index (χ1v) is 12.9. The number of hydrogen-bond donors (Lipinski definition) is 1. The summed E-state index contributed by atoms with van der Waals surface area (Å²) in [7, 11) is 0. The Kier molecular flexibility index (Phi) is 7.17. The third kappa shape index (κ3) is 5.00. The van der Waals surface area contributed by atoms with Gasteiger partial charge in [-0.05, 0) is 53.6 Å². The molecule has 9 heteroatoms. The molecular formula is C29H28N4O5. The third-order valence-corrected chi connectivity index (χ3v) is 6.84. The first kappa shape index (κ1) is 25.1. The van der Waals surface area contributed by atoms with Gasteiger partial charge in [-0.1, -0.05) is 39.0 Å². The number of ether oxygens (including phenoxy) is 1. The molecule has 0 aliphatic carbocycles. The summed E-state index contributed by atoms with van der Waals surface area (Å²) in [6, 6.07) is 16.8. The molecule has 0 amide bonds. The molecule has 0 aliphatic rings. The van der Waals surface area contributed by atoms with Crippen LogP contribution in [0.25, 0.3) is 44.0 Å². The van der Waals surface area contributed by atoms with Crippen LogP contribution in [0.5, 0.6) is 5.75 Å². The molecule has 0 unspecified atom stereocenters. The van der Waals surface area contributed by atoms with Crippen LogP contribution >= 0.6 is 0 Å². The SMILES string of the molecule is CCCCCCCCOc1ccc(-c2nc3c4cc([N+](=O)[O-])ccc4c4ccc([N+](=O)[O-])cc4c3[nH]2)cc1. The van der Waals surface area contributed by atoms with Crippen LogP contribution in [0.1, 0.15) is 45.4 Å². The fraction of sp³-hybridized carbons (Fsp3) is 0.276. The van der Waals surface area contributed by atoms with E-state index in [-0.39, 0.29) is 11.4 Å². The highest BCUT2D eigenvalue weighted by molar-refractivity contribution is 6.24. The highest BCUT2D eigenvalue weighted by Gasteiger charge is 2.19. The lowest BCUT2D eigenvalue weighted by Crippen LogP contribution is -1.97. The molecule has 194 valence electrons. The maximum absolute atomic E-state index is 11.5. The zero-order valence-electron chi connectivity index (χ0n) is 21.1. The number of nitrogens with one attached hydrogen (secondary N) is 1. The lowest BCUT2D eigenvalue weighted by molar-refractivity contribution is -0.384. The van der Waals surface area contributed by atoms with Gasteiger partial charge in [0.1, 0.15) is 11.6 Å². The minimum atomic E-state index is -0.442. The number of nitrogens with zero attached hydrogens (tertiary/aromatic N) is 3. The van der Waals surface area contributed by atoms with Gasteiger partial charge in [-0.2, -0.15) is 0 Å².